The number of nitrogens with zero attached hydrogens (tertiary/aromatic N) is 3. The molecule has 0 N–H and O–H groups in total. The van der Waals surface area contributed by atoms with Gasteiger partial charge < -0.3 is 9.47 Å². The number of hydrogen-bond acceptors (Lipinski definition) is 7. The minimum atomic E-state index is -1.23. The first-order valence-corrected chi connectivity index (χ1v) is 10.2. The Hall–Kier alpha value is -4.08. The van der Waals surface area contributed by atoms with Crippen LogP contribution < -0.4 is 0 Å². The zero-order valence-corrected chi connectivity index (χ0v) is 18.3. The lowest BCUT2D eigenvalue weighted by Gasteiger charge is -2.36. The smallest absolute Gasteiger partial charge is 0.419 e. The molecule has 0 fully saturated rings. The van der Waals surface area contributed by atoms with Crippen LogP contribution in [0.15, 0.2) is 59.6 Å². The first-order chi connectivity index (χ1) is 15.7. The fraction of sp³-hybridized carbons (Fsp3) is 0.304. The number of nitro groups is 1. The molecule has 0 aliphatic carbocycles. The highest BCUT2D eigenvalue weighted by atomic mass is 16.6. The summed E-state index contributed by atoms with van der Waals surface area (Å²) < 4.78 is 10.7. The molecule has 0 saturated heterocycles. The highest BCUT2D eigenvalue weighted by Gasteiger charge is 2.47. The van der Waals surface area contributed by atoms with Gasteiger partial charge in [-0.1, -0.05) is 42.5 Å². The Bertz CT molecular complexity index is 1100. The van der Waals surface area contributed by atoms with E-state index in [1.807, 2.05) is 0 Å². The van der Waals surface area contributed by atoms with Crippen LogP contribution >= 0.6 is 0 Å². The minimum Gasteiger partial charge on any atom is -0.462 e. The maximum atomic E-state index is 13.0. The highest BCUT2D eigenvalue weighted by molar-refractivity contribution is 6.11. The van der Waals surface area contributed by atoms with Gasteiger partial charge in [0.05, 0.1) is 17.1 Å². The summed E-state index contributed by atoms with van der Waals surface area (Å²) in [6, 6.07) is 12.1. The van der Waals surface area contributed by atoms with E-state index in [1.165, 1.54) is 31.2 Å². The van der Waals surface area contributed by atoms with E-state index in [2.05, 4.69) is 4.99 Å². The van der Waals surface area contributed by atoms with Crippen LogP contribution in [0.4, 0.5) is 15.3 Å². The van der Waals surface area contributed by atoms with Gasteiger partial charge >= 0.3 is 18.1 Å². The van der Waals surface area contributed by atoms with Gasteiger partial charge in [0.2, 0.25) is 0 Å². The summed E-state index contributed by atoms with van der Waals surface area (Å²) >= 11 is 0. The molecular formula is C23H23N3O7. The molecule has 0 aromatic heterocycles. The lowest BCUT2D eigenvalue weighted by molar-refractivity contribution is -0.385. The van der Waals surface area contributed by atoms with Gasteiger partial charge in [-0.3, -0.25) is 14.9 Å². The molecule has 3 amide bonds. The molecule has 2 aromatic rings. The van der Waals surface area contributed by atoms with Crippen LogP contribution in [0.3, 0.4) is 0 Å². The van der Waals surface area contributed by atoms with Gasteiger partial charge in [0, 0.05) is 17.8 Å². The predicted octanol–water partition coefficient (Wildman–Crippen LogP) is 4.44. The van der Waals surface area contributed by atoms with E-state index < -0.39 is 41.1 Å². The first kappa shape index (κ1) is 23.6. The summed E-state index contributed by atoms with van der Waals surface area (Å²) in [6.45, 7) is 4.68. The van der Waals surface area contributed by atoms with Crippen LogP contribution in [-0.2, 0) is 20.9 Å². The van der Waals surface area contributed by atoms with E-state index in [4.69, 9.17) is 9.47 Å². The van der Waals surface area contributed by atoms with Gasteiger partial charge in [0.15, 0.2) is 0 Å². The van der Waals surface area contributed by atoms with Gasteiger partial charge in [-0.2, -0.15) is 0 Å². The van der Waals surface area contributed by atoms with Crippen LogP contribution in [0, 0.1) is 16.0 Å². The zero-order chi connectivity index (χ0) is 24.1. The van der Waals surface area contributed by atoms with Gasteiger partial charge in [-0.15, -0.1) is 0 Å². The third-order valence-corrected chi connectivity index (χ3v) is 4.95. The molecular weight excluding hydrogens is 430 g/mol. The van der Waals surface area contributed by atoms with Crippen LogP contribution in [0.5, 0.6) is 0 Å². The minimum absolute atomic E-state index is 0.116. The molecule has 10 heteroatoms. The van der Waals surface area contributed by atoms with Crippen molar-refractivity contribution in [1.29, 1.82) is 0 Å². The number of aliphatic imine (C=N–C) groups is 1. The summed E-state index contributed by atoms with van der Waals surface area (Å²) in [6.07, 6.45) is -1.49. The Kier molecular flexibility index (Phi) is 7.17. The fourth-order valence-electron chi connectivity index (χ4n) is 3.52. The number of non-ortho nitro benzene ring substituents is 1. The van der Waals surface area contributed by atoms with E-state index in [9.17, 15) is 24.5 Å². The van der Waals surface area contributed by atoms with E-state index in [0.717, 1.165) is 0 Å². The van der Waals surface area contributed by atoms with Crippen molar-refractivity contribution < 1.29 is 28.8 Å². The van der Waals surface area contributed by atoms with Crippen molar-refractivity contribution >= 4 is 29.5 Å². The predicted molar refractivity (Wildman–Crippen MR) is 118 cm³/mol. The first-order valence-electron chi connectivity index (χ1n) is 10.2. The maximum absolute atomic E-state index is 13.0. The quantitative estimate of drug-likeness (QED) is 0.359. The Morgan fingerprint density at radius 3 is 2.48 bits per heavy atom. The highest BCUT2D eigenvalue weighted by Crippen LogP contribution is 2.37. The van der Waals surface area contributed by atoms with Gasteiger partial charge in [0.1, 0.15) is 12.5 Å². The number of carbonyl (C=O) groups excluding carboxylic acids is 3. The maximum Gasteiger partial charge on any atom is 0.419 e. The number of urea groups is 1. The standard InChI is InChI=1S/C23H23N3O7/c1-14(2)33-21(27)19-15(3)24-22(28)25(23(29)32-13-16-8-5-4-6-9-16)20(19)17-10-7-11-18(12-17)26(30)31/h4-12,14,19-20H,13H2,1-3H3. The number of carbonyl (C=O) groups is 3. The summed E-state index contributed by atoms with van der Waals surface area (Å²) in [4.78, 5) is 54.0. The van der Waals surface area contributed by atoms with Gasteiger partial charge in [-0.25, -0.2) is 19.5 Å². The molecule has 172 valence electrons. The van der Waals surface area contributed by atoms with Crippen LogP contribution in [0.25, 0.3) is 0 Å². The van der Waals surface area contributed by atoms with Crippen molar-refractivity contribution in [1.82, 2.24) is 4.90 Å². The van der Waals surface area contributed by atoms with Crippen LogP contribution in [0.2, 0.25) is 0 Å². The normalized spacial score (nSPS) is 18.0. The van der Waals surface area contributed by atoms with Crippen molar-refractivity contribution in [2.24, 2.45) is 10.9 Å². The molecule has 1 aliphatic rings. The fourth-order valence-corrected chi connectivity index (χ4v) is 3.52. The Labute approximate surface area is 190 Å². The molecule has 3 rings (SSSR count). The molecule has 0 saturated carbocycles. The molecule has 1 aliphatic heterocycles. The molecule has 0 bridgehead atoms. The van der Waals surface area contributed by atoms with Crippen LogP contribution in [-0.4, -0.2) is 39.7 Å². The van der Waals surface area contributed by atoms with E-state index in [0.29, 0.717) is 10.5 Å². The van der Waals surface area contributed by atoms with Crippen molar-refractivity contribution in [2.45, 2.75) is 39.5 Å². The zero-order valence-electron chi connectivity index (χ0n) is 18.3. The number of benzene rings is 2. The number of hydrogen-bond donors (Lipinski definition) is 0. The van der Waals surface area contributed by atoms with Crippen molar-refractivity contribution in [2.75, 3.05) is 0 Å². The number of esters is 1. The van der Waals surface area contributed by atoms with Crippen LogP contribution in [0.1, 0.15) is 37.9 Å². The molecule has 0 radical (unpaired) electrons. The number of ether oxygens (including phenoxy) is 2. The molecule has 10 nitrogen and oxygen atoms in total. The SMILES string of the molecule is CC1=NC(=O)N(C(=O)OCc2ccccc2)C(c2cccc([N+](=O)[O-])c2)C1C(=O)OC(C)C. The van der Waals surface area contributed by atoms with Crippen molar-refractivity contribution in [3.05, 3.63) is 75.8 Å². The average molecular weight is 453 g/mol. The molecule has 2 unspecified atom stereocenters. The van der Waals surface area contributed by atoms with Gasteiger partial charge in [-0.05, 0) is 31.9 Å². The third-order valence-electron chi connectivity index (χ3n) is 4.95. The Balaban J connectivity index is 2.03. The Morgan fingerprint density at radius 2 is 1.85 bits per heavy atom. The summed E-state index contributed by atoms with van der Waals surface area (Å²) in [5, 5.41) is 11.3. The average Bonchev–Trinajstić information content (AvgIpc) is 2.77. The third kappa shape index (κ3) is 5.40. The van der Waals surface area contributed by atoms with Crippen molar-refractivity contribution in [3.8, 4) is 0 Å². The van der Waals surface area contributed by atoms with Crippen molar-refractivity contribution in [3.63, 3.8) is 0 Å². The topological polar surface area (TPSA) is 128 Å². The second kappa shape index (κ2) is 10.0. The van der Waals surface area contributed by atoms with Gasteiger partial charge in [0.25, 0.3) is 5.69 Å². The lowest BCUT2D eigenvalue weighted by atomic mass is 9.87. The summed E-state index contributed by atoms with van der Waals surface area (Å²) in [5.41, 5.74) is 0.773. The lowest BCUT2D eigenvalue weighted by Crippen LogP contribution is -2.50. The summed E-state index contributed by atoms with van der Waals surface area (Å²) in [7, 11) is 0. The molecule has 2 atom stereocenters. The van der Waals surface area contributed by atoms with E-state index in [1.54, 1.807) is 44.2 Å². The number of rotatable bonds is 6. The van der Waals surface area contributed by atoms with E-state index in [-0.39, 0.29) is 23.6 Å². The monoisotopic (exact) mass is 453 g/mol. The number of imide groups is 1. The number of nitro benzene ring substituents is 1. The molecule has 1 heterocycles. The number of amides is 3. The second-order valence-corrected chi connectivity index (χ2v) is 7.71. The summed E-state index contributed by atoms with van der Waals surface area (Å²) in [5.74, 6) is -1.87. The molecule has 2 aromatic carbocycles. The molecule has 0 spiro atoms. The second-order valence-electron chi connectivity index (χ2n) is 7.71. The molecule has 33 heavy (non-hydrogen) atoms. The Morgan fingerprint density at radius 1 is 1.15 bits per heavy atom. The largest absolute Gasteiger partial charge is 0.462 e. The van der Waals surface area contributed by atoms with E-state index >= 15 is 0 Å².